The molecule has 2 amide bonds. The van der Waals surface area contributed by atoms with E-state index in [-0.39, 0.29) is 35.6 Å². The van der Waals surface area contributed by atoms with Crippen LogP contribution in [0.3, 0.4) is 0 Å². The number of halogens is 1. The van der Waals surface area contributed by atoms with Gasteiger partial charge < -0.3 is 9.80 Å². The molecule has 1 aromatic rings. The third-order valence-electron chi connectivity index (χ3n) is 5.44. The number of carbonyl (C=O) groups excluding carboxylic acids is 2. The fourth-order valence-electron chi connectivity index (χ4n) is 4.39. The molecule has 24 heavy (non-hydrogen) atoms. The van der Waals surface area contributed by atoms with Gasteiger partial charge in [-0.1, -0.05) is 25.0 Å². The Balaban J connectivity index is 2.03. The molecule has 0 aliphatic carbocycles. The first-order valence-corrected chi connectivity index (χ1v) is 8.79. The van der Waals surface area contributed by atoms with Crippen LogP contribution in [-0.4, -0.2) is 46.8 Å². The van der Waals surface area contributed by atoms with Gasteiger partial charge in [0, 0.05) is 32.9 Å². The molecule has 2 fully saturated rings. The zero-order valence-corrected chi connectivity index (χ0v) is 14.4. The molecule has 2 heterocycles. The molecule has 0 aromatic heterocycles. The highest BCUT2D eigenvalue weighted by Gasteiger charge is 2.47. The summed E-state index contributed by atoms with van der Waals surface area (Å²) in [5.41, 5.74) is 0.876. The van der Waals surface area contributed by atoms with Crippen LogP contribution < -0.4 is 0 Å². The third kappa shape index (κ3) is 3.17. The number of rotatable bonds is 1. The summed E-state index contributed by atoms with van der Waals surface area (Å²) in [7, 11) is 0. The minimum Gasteiger partial charge on any atom is -0.337 e. The molecule has 3 atom stereocenters. The Labute approximate surface area is 142 Å². The second-order valence-electron chi connectivity index (χ2n) is 6.95. The highest BCUT2D eigenvalue weighted by atomic mass is 19.1. The maximum absolute atomic E-state index is 13.7. The highest BCUT2D eigenvalue weighted by Crippen LogP contribution is 2.39. The fourth-order valence-corrected chi connectivity index (χ4v) is 4.39. The summed E-state index contributed by atoms with van der Waals surface area (Å²) < 4.78 is 13.7. The number of nitrogens with zero attached hydrogens (tertiary/aromatic N) is 2. The van der Waals surface area contributed by atoms with Crippen LogP contribution >= 0.6 is 0 Å². The van der Waals surface area contributed by atoms with Gasteiger partial charge in [0.15, 0.2) is 0 Å². The van der Waals surface area contributed by atoms with Gasteiger partial charge in [-0.25, -0.2) is 4.39 Å². The van der Waals surface area contributed by atoms with Crippen LogP contribution in [0.4, 0.5) is 4.39 Å². The molecule has 0 radical (unpaired) electrons. The van der Waals surface area contributed by atoms with Gasteiger partial charge in [-0.05, 0) is 30.5 Å². The van der Waals surface area contributed by atoms with Crippen LogP contribution in [0, 0.1) is 5.82 Å². The van der Waals surface area contributed by atoms with Gasteiger partial charge in [0.05, 0.1) is 12.1 Å². The predicted molar refractivity (Wildman–Crippen MR) is 90.0 cm³/mol. The average Bonchev–Trinajstić information content (AvgIpc) is 2.85. The standard InChI is InChI=1S/C19H25FN2O2/c1-13(23)21-10-5-3-4-9-18-19(21)17(12-22(18)14(2)24)15-7-6-8-16(20)11-15/h6-8,11,17-19H,3-5,9-10,12H2,1-2H3/t17-,18+,19-/m0/s1. The van der Waals surface area contributed by atoms with Crippen LogP contribution in [0.15, 0.2) is 24.3 Å². The Hall–Kier alpha value is -1.91. The maximum Gasteiger partial charge on any atom is 0.219 e. The van der Waals surface area contributed by atoms with Crippen LogP contribution in [-0.2, 0) is 9.59 Å². The molecule has 2 aliphatic heterocycles. The van der Waals surface area contributed by atoms with Crippen LogP contribution in [0.5, 0.6) is 0 Å². The molecule has 3 rings (SSSR count). The van der Waals surface area contributed by atoms with E-state index < -0.39 is 0 Å². The monoisotopic (exact) mass is 332 g/mol. The summed E-state index contributed by atoms with van der Waals surface area (Å²) in [4.78, 5) is 28.3. The van der Waals surface area contributed by atoms with E-state index in [4.69, 9.17) is 0 Å². The van der Waals surface area contributed by atoms with Crippen molar-refractivity contribution in [2.75, 3.05) is 13.1 Å². The normalized spacial score (nSPS) is 27.4. The number of benzene rings is 1. The van der Waals surface area contributed by atoms with E-state index in [0.717, 1.165) is 31.2 Å². The van der Waals surface area contributed by atoms with Crippen molar-refractivity contribution in [2.24, 2.45) is 0 Å². The molecule has 4 nitrogen and oxygen atoms in total. The molecular formula is C19H25FN2O2. The number of hydrogen-bond acceptors (Lipinski definition) is 2. The number of amides is 2. The van der Waals surface area contributed by atoms with Crippen molar-refractivity contribution in [1.82, 2.24) is 9.80 Å². The lowest BCUT2D eigenvalue weighted by molar-refractivity contribution is -0.135. The summed E-state index contributed by atoms with van der Waals surface area (Å²) in [6.07, 6.45) is 4.02. The molecule has 0 saturated carbocycles. The van der Waals surface area contributed by atoms with Crippen molar-refractivity contribution < 1.29 is 14.0 Å². The Morgan fingerprint density at radius 3 is 2.50 bits per heavy atom. The topological polar surface area (TPSA) is 40.6 Å². The van der Waals surface area contributed by atoms with Gasteiger partial charge in [0.2, 0.25) is 11.8 Å². The number of likely N-dealkylation sites (tertiary alicyclic amines) is 2. The van der Waals surface area contributed by atoms with Gasteiger partial charge >= 0.3 is 0 Å². The smallest absolute Gasteiger partial charge is 0.219 e. The van der Waals surface area contributed by atoms with E-state index in [1.54, 1.807) is 26.0 Å². The average molecular weight is 332 g/mol. The van der Waals surface area contributed by atoms with E-state index in [1.807, 2.05) is 15.9 Å². The van der Waals surface area contributed by atoms with E-state index in [1.165, 1.54) is 6.07 Å². The van der Waals surface area contributed by atoms with Gasteiger partial charge in [0.1, 0.15) is 5.82 Å². The molecule has 130 valence electrons. The van der Waals surface area contributed by atoms with Crippen LogP contribution in [0.2, 0.25) is 0 Å². The van der Waals surface area contributed by atoms with Crippen LogP contribution in [0.1, 0.15) is 51.0 Å². The van der Waals surface area contributed by atoms with Crippen molar-refractivity contribution in [2.45, 2.75) is 57.5 Å². The van der Waals surface area contributed by atoms with Crippen molar-refractivity contribution in [1.29, 1.82) is 0 Å². The Morgan fingerprint density at radius 1 is 1.08 bits per heavy atom. The zero-order valence-electron chi connectivity index (χ0n) is 14.4. The van der Waals surface area contributed by atoms with Gasteiger partial charge in [-0.2, -0.15) is 0 Å². The lowest BCUT2D eigenvalue weighted by atomic mass is 9.86. The Morgan fingerprint density at radius 2 is 1.83 bits per heavy atom. The van der Waals surface area contributed by atoms with Crippen molar-refractivity contribution >= 4 is 11.8 Å². The Bertz CT molecular complexity index is 634. The first-order chi connectivity index (χ1) is 11.5. The molecule has 0 N–H and O–H groups in total. The van der Waals surface area contributed by atoms with Crippen LogP contribution in [0.25, 0.3) is 0 Å². The van der Waals surface area contributed by atoms with Gasteiger partial charge in [-0.15, -0.1) is 0 Å². The molecule has 0 spiro atoms. The summed E-state index contributed by atoms with van der Waals surface area (Å²) in [5, 5.41) is 0. The lowest BCUT2D eigenvalue weighted by Crippen LogP contribution is -2.50. The largest absolute Gasteiger partial charge is 0.337 e. The van der Waals surface area contributed by atoms with Crippen molar-refractivity contribution in [3.8, 4) is 0 Å². The van der Waals surface area contributed by atoms with Gasteiger partial charge in [0.25, 0.3) is 0 Å². The Kier molecular flexibility index (Phi) is 4.88. The maximum atomic E-state index is 13.7. The summed E-state index contributed by atoms with van der Waals surface area (Å²) in [5.74, 6) is -0.228. The quantitative estimate of drug-likeness (QED) is 0.793. The summed E-state index contributed by atoms with van der Waals surface area (Å²) >= 11 is 0. The summed E-state index contributed by atoms with van der Waals surface area (Å²) in [6.45, 7) is 4.45. The fraction of sp³-hybridized carbons (Fsp3) is 0.579. The van der Waals surface area contributed by atoms with E-state index in [2.05, 4.69) is 0 Å². The molecule has 2 saturated heterocycles. The molecule has 5 heteroatoms. The van der Waals surface area contributed by atoms with E-state index >= 15 is 0 Å². The molecule has 1 aromatic carbocycles. The zero-order chi connectivity index (χ0) is 17.3. The SMILES string of the molecule is CC(=O)N1CCCCC[C@@H]2[C@@H]1[C@H](c1cccc(F)c1)CN2C(C)=O. The minimum absolute atomic E-state index is 0.0277. The molecular weight excluding hydrogens is 307 g/mol. The van der Waals surface area contributed by atoms with E-state index in [9.17, 15) is 14.0 Å². The minimum atomic E-state index is -0.273. The second-order valence-corrected chi connectivity index (χ2v) is 6.95. The first kappa shape index (κ1) is 16.9. The first-order valence-electron chi connectivity index (χ1n) is 8.79. The highest BCUT2D eigenvalue weighted by molar-refractivity contribution is 5.76. The van der Waals surface area contributed by atoms with Crippen molar-refractivity contribution in [3.05, 3.63) is 35.6 Å². The summed E-state index contributed by atoms with van der Waals surface area (Å²) in [6, 6.07) is 6.55. The second kappa shape index (κ2) is 6.91. The number of fused-ring (bicyclic) bond motifs is 1. The molecule has 0 unspecified atom stereocenters. The van der Waals surface area contributed by atoms with E-state index in [0.29, 0.717) is 13.1 Å². The third-order valence-corrected chi connectivity index (χ3v) is 5.44. The molecule has 2 aliphatic rings. The van der Waals surface area contributed by atoms with Crippen molar-refractivity contribution in [3.63, 3.8) is 0 Å². The van der Waals surface area contributed by atoms with Gasteiger partial charge in [-0.3, -0.25) is 9.59 Å². The predicted octanol–water partition coefficient (Wildman–Crippen LogP) is 2.93. The lowest BCUT2D eigenvalue weighted by Gasteiger charge is -2.38. The molecule has 0 bridgehead atoms. The number of carbonyl (C=O) groups is 2. The number of hydrogen-bond donors (Lipinski definition) is 0.